The molecule has 3 fully saturated rings. The summed E-state index contributed by atoms with van der Waals surface area (Å²) in [5.74, 6) is -3.10. The molecule has 68 heavy (non-hydrogen) atoms. The maximum Gasteiger partial charge on any atom is 0.344 e. The van der Waals surface area contributed by atoms with Crippen molar-refractivity contribution in [3.8, 4) is 5.75 Å². The van der Waals surface area contributed by atoms with Crippen LogP contribution in [-0.4, -0.2) is 144 Å². The standard InChI is InChI=1S/C49H59Cl3N6O10/c1-8-44(55-43(63)54-40(60)49(50,51)52)23-28-24-47(41(61)66-6,36-30(15-19-57(25-28)26-44)29-13-10-11-14-33(29)53-36)32-21-31-34(22-35(32)65-5)56(4)38-46(31)17-20-58-18-12-16-45(9-2,37(46)58)39(68-27(3)59)48(38,64)42(62)67-7/h10-14,16,21-22,28,37-39,53,64H,8-9,15,17-20,23-26H2,1-7H3,(H2,54,55,60,63)/t28-,37-,38+,39+,44+,45+,46+,47-,48-/m0/s1. The number of piperidine rings is 1. The molecule has 6 heterocycles. The predicted octanol–water partition coefficient (Wildman–Crippen LogP) is 5.19. The van der Waals surface area contributed by atoms with Crippen LogP contribution < -0.4 is 20.3 Å². The van der Waals surface area contributed by atoms with Crippen LogP contribution in [0, 0.1) is 11.3 Å². The van der Waals surface area contributed by atoms with Crippen LogP contribution in [0.2, 0.25) is 0 Å². The van der Waals surface area contributed by atoms with Crippen molar-refractivity contribution in [2.45, 2.75) is 103 Å². The summed E-state index contributed by atoms with van der Waals surface area (Å²) in [5, 5.41) is 19.6. The van der Waals surface area contributed by atoms with Gasteiger partial charge in [-0.1, -0.05) is 79.0 Å². The molecule has 1 unspecified atom stereocenters. The van der Waals surface area contributed by atoms with Gasteiger partial charge in [-0.3, -0.25) is 24.6 Å². The monoisotopic (exact) mass is 996 g/mol. The fraction of sp³-hybridized carbons (Fsp3) is 0.571. The van der Waals surface area contributed by atoms with Gasteiger partial charge in [0.05, 0.1) is 32.9 Å². The van der Waals surface area contributed by atoms with Crippen molar-refractivity contribution in [1.29, 1.82) is 0 Å². The lowest BCUT2D eigenvalue weighted by Crippen LogP contribution is -2.81. The second-order valence-corrected chi connectivity index (χ2v) is 21.9. The number of rotatable bonds is 8. The maximum atomic E-state index is 15.6. The molecule has 1 saturated carbocycles. The molecule has 2 saturated heterocycles. The zero-order chi connectivity index (χ0) is 48.9. The molecule has 3 amide bonds. The van der Waals surface area contributed by atoms with Gasteiger partial charge in [0.25, 0.3) is 9.70 Å². The van der Waals surface area contributed by atoms with Gasteiger partial charge in [0.15, 0.2) is 6.10 Å². The number of ether oxygens (including phenoxy) is 4. The Bertz CT molecular complexity index is 2620. The van der Waals surface area contributed by atoms with E-state index in [1.54, 1.807) is 7.11 Å². The summed E-state index contributed by atoms with van der Waals surface area (Å²) >= 11 is 17.5. The SMILES string of the molecule is CC[C@@]1(NC(=O)NC(=O)C(Cl)(Cl)Cl)C[C@@H]2CN(CCc3c([nH]c4ccccc34)[C@@](C(=O)OC)(c3cc4c(cc3OC)N(C)[C@H]3[C@@](O)(C(=O)OC)[C@H](OC(C)=O)[C@]5(CC)C=CCN6CC[C@]43[C@@H]65)C2)C1. The highest BCUT2D eigenvalue weighted by atomic mass is 35.6. The topological polar surface area (TPSA) is 192 Å². The van der Waals surface area contributed by atoms with Gasteiger partial charge in [0, 0.05) is 90.9 Å². The molecule has 1 spiro atoms. The van der Waals surface area contributed by atoms with E-state index < -0.39 is 73.2 Å². The van der Waals surface area contributed by atoms with Crippen LogP contribution >= 0.6 is 34.8 Å². The molecule has 1 aromatic heterocycles. The van der Waals surface area contributed by atoms with Crippen molar-refractivity contribution in [3.05, 3.63) is 70.9 Å². The molecule has 10 atom stereocenters. The number of aliphatic hydroxyl groups is 1. The Balaban J connectivity index is 1.29. The van der Waals surface area contributed by atoms with E-state index in [-0.39, 0.29) is 18.4 Å². The highest BCUT2D eigenvalue weighted by Gasteiger charge is 2.80. The molecule has 3 aromatic rings. The van der Waals surface area contributed by atoms with E-state index in [1.807, 2.05) is 74.3 Å². The average molecular weight is 998 g/mol. The molecule has 19 heteroatoms. The highest BCUT2D eigenvalue weighted by molar-refractivity contribution is 6.76. The first-order valence-electron chi connectivity index (χ1n) is 23.2. The van der Waals surface area contributed by atoms with Crippen molar-refractivity contribution in [1.82, 2.24) is 25.4 Å². The Morgan fingerprint density at radius 2 is 1.69 bits per heavy atom. The first-order valence-corrected chi connectivity index (χ1v) is 24.3. The number of carbonyl (C=O) groups excluding carboxylic acids is 5. The number of anilines is 1. The molecule has 2 aromatic carbocycles. The molecule has 4 N–H and O–H groups in total. The number of benzene rings is 2. The van der Waals surface area contributed by atoms with E-state index in [9.17, 15) is 24.3 Å². The second-order valence-electron chi connectivity index (χ2n) is 19.7. The van der Waals surface area contributed by atoms with E-state index in [2.05, 4.69) is 25.4 Å². The number of nitrogens with zero attached hydrogens (tertiary/aromatic N) is 3. The summed E-state index contributed by atoms with van der Waals surface area (Å²) in [5.41, 5.74) is -2.46. The van der Waals surface area contributed by atoms with Gasteiger partial charge in [-0.25, -0.2) is 9.59 Å². The number of aromatic amines is 1. The zero-order valence-electron chi connectivity index (χ0n) is 39.3. The fourth-order valence-corrected chi connectivity index (χ4v) is 14.3. The third kappa shape index (κ3) is 6.89. The lowest BCUT2D eigenvalue weighted by Gasteiger charge is -2.63. The number of aromatic nitrogens is 1. The van der Waals surface area contributed by atoms with Crippen molar-refractivity contribution < 1.29 is 48.0 Å². The molecular weight excluding hydrogens is 939 g/mol. The summed E-state index contributed by atoms with van der Waals surface area (Å²) in [4.78, 5) is 79.7. The normalized spacial score (nSPS) is 33.7. The van der Waals surface area contributed by atoms with E-state index in [0.29, 0.717) is 87.5 Å². The Morgan fingerprint density at radius 3 is 2.35 bits per heavy atom. The van der Waals surface area contributed by atoms with Gasteiger partial charge in [-0.15, -0.1) is 0 Å². The van der Waals surface area contributed by atoms with Gasteiger partial charge in [-0.2, -0.15) is 0 Å². The quantitative estimate of drug-likeness (QED) is 0.0999. The van der Waals surface area contributed by atoms with Gasteiger partial charge in [0.1, 0.15) is 11.2 Å². The Hall–Kier alpha value is -4.58. The van der Waals surface area contributed by atoms with Gasteiger partial charge < -0.3 is 44.2 Å². The number of halogens is 3. The maximum absolute atomic E-state index is 15.6. The lowest BCUT2D eigenvalue weighted by molar-refractivity contribution is -0.228. The molecule has 5 aliphatic heterocycles. The van der Waals surface area contributed by atoms with Crippen LogP contribution in [0.15, 0.2) is 48.6 Å². The minimum absolute atomic E-state index is 0.188. The molecule has 0 radical (unpaired) electrons. The second kappa shape index (κ2) is 17.1. The molecular formula is C49H59Cl3N6O10. The smallest absolute Gasteiger partial charge is 0.344 e. The highest BCUT2D eigenvalue weighted by Crippen LogP contribution is 2.68. The zero-order valence-corrected chi connectivity index (χ0v) is 41.6. The first-order chi connectivity index (χ1) is 32.2. The fourth-order valence-electron chi connectivity index (χ4n) is 14.2. The largest absolute Gasteiger partial charge is 0.496 e. The molecule has 9 rings (SSSR count). The van der Waals surface area contributed by atoms with Crippen molar-refractivity contribution >= 4 is 81.2 Å². The molecule has 366 valence electrons. The minimum Gasteiger partial charge on any atom is -0.496 e. The molecule has 16 nitrogen and oxygen atoms in total. The number of imide groups is 1. The molecule has 6 aliphatic rings. The van der Waals surface area contributed by atoms with E-state index >= 15 is 4.79 Å². The number of methoxy groups -OCH3 is 3. The number of amides is 3. The van der Waals surface area contributed by atoms with Crippen molar-refractivity contribution in [2.24, 2.45) is 11.3 Å². The predicted molar refractivity (Wildman–Crippen MR) is 255 cm³/mol. The van der Waals surface area contributed by atoms with Crippen molar-refractivity contribution in [2.75, 3.05) is 66.0 Å². The lowest BCUT2D eigenvalue weighted by atomic mass is 9.47. The minimum atomic E-state index is -2.37. The number of hydrogen-bond donors (Lipinski definition) is 4. The third-order valence-electron chi connectivity index (χ3n) is 16.5. The molecule has 1 aliphatic carbocycles. The van der Waals surface area contributed by atoms with Crippen LogP contribution in [0.25, 0.3) is 10.9 Å². The Labute approximate surface area is 410 Å². The summed E-state index contributed by atoms with van der Waals surface area (Å²) in [6.07, 6.45) is 5.20. The number of alkyl halides is 3. The van der Waals surface area contributed by atoms with E-state index in [0.717, 1.165) is 22.0 Å². The number of H-pyrrole nitrogens is 1. The number of fused-ring (bicyclic) bond motifs is 6. The average Bonchev–Trinajstić information content (AvgIpc) is 3.97. The number of nitrogens with one attached hydrogen (secondary N) is 3. The van der Waals surface area contributed by atoms with Crippen LogP contribution in [-0.2, 0) is 50.6 Å². The summed E-state index contributed by atoms with van der Waals surface area (Å²) < 4.78 is 21.7. The number of carbonyl (C=O) groups is 5. The number of urea groups is 1. The van der Waals surface area contributed by atoms with Gasteiger partial charge >= 0.3 is 23.9 Å². The summed E-state index contributed by atoms with van der Waals surface area (Å²) in [6.45, 7) is 8.00. The summed E-state index contributed by atoms with van der Waals surface area (Å²) in [7, 11) is 5.98. The summed E-state index contributed by atoms with van der Waals surface area (Å²) in [6, 6.07) is 9.69. The number of likely N-dealkylation sites (N-methyl/N-ethyl adjacent to an activating group) is 1. The number of para-hydroxylation sites is 1. The van der Waals surface area contributed by atoms with Crippen LogP contribution in [0.1, 0.15) is 75.3 Å². The van der Waals surface area contributed by atoms with E-state index in [4.69, 9.17) is 53.8 Å². The first kappa shape index (κ1) is 48.4. The van der Waals surface area contributed by atoms with Crippen LogP contribution in [0.4, 0.5) is 10.5 Å². The Kier molecular flexibility index (Phi) is 12.2. The number of hydrogen-bond acceptors (Lipinski definition) is 13. The van der Waals surface area contributed by atoms with Gasteiger partial charge in [0.2, 0.25) is 5.60 Å². The van der Waals surface area contributed by atoms with E-state index in [1.165, 1.54) is 21.1 Å². The van der Waals surface area contributed by atoms with Crippen LogP contribution in [0.3, 0.4) is 0 Å². The van der Waals surface area contributed by atoms with Crippen molar-refractivity contribution in [3.63, 3.8) is 0 Å². The molecule has 2 bridgehead atoms. The number of esters is 3. The van der Waals surface area contributed by atoms with Crippen LogP contribution in [0.5, 0.6) is 5.75 Å². The third-order valence-corrected chi connectivity index (χ3v) is 17.0. The van der Waals surface area contributed by atoms with Gasteiger partial charge in [-0.05, 0) is 74.2 Å². The Morgan fingerprint density at radius 1 is 0.956 bits per heavy atom.